The summed E-state index contributed by atoms with van der Waals surface area (Å²) in [6, 6.07) is 5.48. The van der Waals surface area contributed by atoms with E-state index in [4.69, 9.17) is 4.52 Å². The molecule has 0 aliphatic carbocycles. The number of aromatic nitrogens is 2. The number of carbonyl (C=O) groups is 1. The van der Waals surface area contributed by atoms with Gasteiger partial charge in [-0.3, -0.25) is 4.79 Å². The minimum Gasteiger partial charge on any atom is -0.394 e. The third kappa shape index (κ3) is 4.40. The van der Waals surface area contributed by atoms with Crippen LogP contribution in [-0.4, -0.2) is 27.8 Å². The molecule has 0 radical (unpaired) electrons. The summed E-state index contributed by atoms with van der Waals surface area (Å²) < 4.78 is 70.2. The molecule has 1 amide bonds. The van der Waals surface area contributed by atoms with Crippen molar-refractivity contribution in [1.82, 2.24) is 15.5 Å². The third-order valence-electron chi connectivity index (χ3n) is 3.89. The van der Waals surface area contributed by atoms with Gasteiger partial charge in [-0.2, -0.15) is 18.2 Å². The van der Waals surface area contributed by atoms with E-state index in [1.165, 1.54) is 0 Å². The number of nitrogens with zero attached hydrogens (tertiary/aromatic N) is 2. The number of hydrogen-bond acceptors (Lipinski definition) is 5. The number of rotatable bonds is 5. The Bertz CT molecular complexity index is 998. The van der Waals surface area contributed by atoms with Crippen LogP contribution in [0, 0.1) is 11.6 Å². The van der Waals surface area contributed by atoms with E-state index in [9.17, 15) is 31.9 Å². The van der Waals surface area contributed by atoms with E-state index in [2.05, 4.69) is 15.5 Å². The van der Waals surface area contributed by atoms with E-state index in [0.29, 0.717) is 0 Å². The van der Waals surface area contributed by atoms with Crippen LogP contribution < -0.4 is 5.32 Å². The summed E-state index contributed by atoms with van der Waals surface area (Å²) in [6.07, 6.45) is -4.50. The molecule has 152 valence electrons. The number of alkyl halides is 3. The predicted octanol–water partition coefficient (Wildman–Crippen LogP) is 3.50. The second-order valence-corrected chi connectivity index (χ2v) is 5.84. The lowest BCUT2D eigenvalue weighted by atomic mass is 10.1. The quantitative estimate of drug-likeness (QED) is 0.626. The number of benzene rings is 2. The average Bonchev–Trinajstić information content (AvgIpc) is 3.15. The number of carbonyl (C=O) groups excluding carboxylic acids is 1. The fourth-order valence-electron chi connectivity index (χ4n) is 2.43. The van der Waals surface area contributed by atoms with Gasteiger partial charge in [0, 0.05) is 5.56 Å². The van der Waals surface area contributed by atoms with Crippen molar-refractivity contribution in [3.05, 3.63) is 71.1 Å². The molecule has 0 fully saturated rings. The van der Waals surface area contributed by atoms with Crippen LogP contribution in [0.2, 0.25) is 0 Å². The van der Waals surface area contributed by atoms with Gasteiger partial charge in [-0.05, 0) is 24.3 Å². The van der Waals surface area contributed by atoms with Crippen LogP contribution in [0.4, 0.5) is 22.0 Å². The van der Waals surface area contributed by atoms with Gasteiger partial charge in [-0.25, -0.2) is 8.78 Å². The van der Waals surface area contributed by atoms with Gasteiger partial charge in [-0.15, -0.1) is 0 Å². The fraction of sp³-hybridized carbons (Fsp3) is 0.167. The van der Waals surface area contributed by atoms with Gasteiger partial charge < -0.3 is 14.9 Å². The molecule has 2 aromatic carbocycles. The Morgan fingerprint density at radius 1 is 1.10 bits per heavy atom. The monoisotopic (exact) mass is 413 g/mol. The Morgan fingerprint density at radius 2 is 1.72 bits per heavy atom. The summed E-state index contributed by atoms with van der Waals surface area (Å²) in [7, 11) is 0. The lowest BCUT2D eigenvalue weighted by Gasteiger charge is -2.12. The normalized spacial score (nSPS) is 12.6. The van der Waals surface area contributed by atoms with Crippen LogP contribution in [0.15, 0.2) is 47.0 Å². The molecule has 6 nitrogen and oxygen atoms in total. The van der Waals surface area contributed by atoms with E-state index < -0.39 is 47.5 Å². The van der Waals surface area contributed by atoms with Crippen molar-refractivity contribution in [2.45, 2.75) is 12.2 Å². The zero-order valence-corrected chi connectivity index (χ0v) is 14.4. The highest BCUT2D eigenvalue weighted by Gasteiger charge is 2.30. The summed E-state index contributed by atoms with van der Waals surface area (Å²) >= 11 is 0. The molecule has 29 heavy (non-hydrogen) atoms. The minimum absolute atomic E-state index is 0.0986. The van der Waals surface area contributed by atoms with Gasteiger partial charge in [0.05, 0.1) is 12.2 Å². The molecule has 0 saturated heterocycles. The van der Waals surface area contributed by atoms with Crippen molar-refractivity contribution >= 4 is 5.91 Å². The first-order valence-corrected chi connectivity index (χ1v) is 8.07. The van der Waals surface area contributed by atoms with Crippen LogP contribution in [0.25, 0.3) is 11.4 Å². The van der Waals surface area contributed by atoms with E-state index in [0.717, 1.165) is 42.5 Å². The smallest absolute Gasteiger partial charge is 0.394 e. The summed E-state index contributed by atoms with van der Waals surface area (Å²) in [5.74, 6) is -3.76. The zero-order valence-electron chi connectivity index (χ0n) is 14.4. The minimum atomic E-state index is -4.50. The van der Waals surface area contributed by atoms with Crippen LogP contribution in [0.1, 0.15) is 27.9 Å². The summed E-state index contributed by atoms with van der Waals surface area (Å²) in [5, 5.41) is 15.2. The van der Waals surface area contributed by atoms with E-state index in [1.54, 1.807) is 0 Å². The highest BCUT2D eigenvalue weighted by atomic mass is 19.4. The summed E-state index contributed by atoms with van der Waals surface area (Å²) in [6.45, 7) is -0.740. The molecule has 0 spiro atoms. The molecule has 1 aromatic heterocycles. The van der Waals surface area contributed by atoms with Gasteiger partial charge >= 0.3 is 6.18 Å². The van der Waals surface area contributed by atoms with Crippen molar-refractivity contribution in [3.8, 4) is 11.4 Å². The predicted molar refractivity (Wildman–Crippen MR) is 88.4 cm³/mol. The number of aliphatic hydroxyl groups is 1. The first-order valence-electron chi connectivity index (χ1n) is 8.07. The zero-order chi connectivity index (χ0) is 21.2. The Kier molecular flexibility index (Phi) is 5.59. The molecule has 1 unspecified atom stereocenters. The molecule has 2 N–H and O–H groups in total. The lowest BCUT2D eigenvalue weighted by molar-refractivity contribution is -0.137. The molecular weight excluding hydrogens is 401 g/mol. The molecule has 11 heteroatoms. The average molecular weight is 413 g/mol. The van der Waals surface area contributed by atoms with Gasteiger partial charge in [0.15, 0.2) is 0 Å². The number of nitrogens with one attached hydrogen (secondary N) is 1. The first kappa shape index (κ1) is 20.4. The van der Waals surface area contributed by atoms with E-state index in [-0.39, 0.29) is 17.3 Å². The Labute approximate surface area is 160 Å². The van der Waals surface area contributed by atoms with E-state index in [1.807, 2.05) is 0 Å². The highest BCUT2D eigenvalue weighted by molar-refractivity contribution is 5.94. The molecule has 3 aromatic rings. The van der Waals surface area contributed by atoms with Crippen LogP contribution >= 0.6 is 0 Å². The lowest BCUT2D eigenvalue weighted by Crippen LogP contribution is -2.32. The fourth-order valence-corrected chi connectivity index (χ4v) is 2.43. The standard InChI is InChI=1S/C18H12F5N3O3/c19-11-2-1-3-12(20)14(11)16(28)24-13(8-27)17-25-15(26-29-17)9-4-6-10(7-5-9)18(21,22)23/h1-7,13,27H,8H2,(H,24,28). The van der Waals surface area contributed by atoms with Gasteiger partial charge in [-0.1, -0.05) is 23.4 Å². The maximum atomic E-state index is 13.7. The molecule has 1 atom stereocenters. The second-order valence-electron chi connectivity index (χ2n) is 5.84. The maximum absolute atomic E-state index is 13.7. The number of aliphatic hydroxyl groups excluding tert-OH is 1. The molecular formula is C18H12F5N3O3. The largest absolute Gasteiger partial charge is 0.416 e. The maximum Gasteiger partial charge on any atom is 0.416 e. The topological polar surface area (TPSA) is 88.2 Å². The van der Waals surface area contributed by atoms with Crippen LogP contribution in [0.3, 0.4) is 0 Å². The Balaban J connectivity index is 1.80. The number of hydrogen-bond donors (Lipinski definition) is 2. The molecule has 0 saturated carbocycles. The molecule has 0 aliphatic rings. The molecule has 1 heterocycles. The number of amides is 1. The molecule has 3 rings (SSSR count). The SMILES string of the molecule is O=C(NC(CO)c1nc(-c2ccc(C(F)(F)F)cc2)no1)c1c(F)cccc1F. The van der Waals surface area contributed by atoms with Crippen molar-refractivity contribution in [1.29, 1.82) is 0 Å². The molecule has 0 bridgehead atoms. The van der Waals surface area contributed by atoms with Crippen LogP contribution in [-0.2, 0) is 6.18 Å². The van der Waals surface area contributed by atoms with Crippen molar-refractivity contribution in [2.75, 3.05) is 6.61 Å². The molecule has 0 aliphatic heterocycles. The van der Waals surface area contributed by atoms with Crippen molar-refractivity contribution < 1.29 is 36.4 Å². The highest BCUT2D eigenvalue weighted by Crippen LogP contribution is 2.30. The van der Waals surface area contributed by atoms with Gasteiger partial charge in [0.2, 0.25) is 5.82 Å². The van der Waals surface area contributed by atoms with Gasteiger partial charge in [0.1, 0.15) is 23.2 Å². The summed E-state index contributed by atoms with van der Waals surface area (Å²) in [4.78, 5) is 16.1. The second kappa shape index (κ2) is 7.95. The van der Waals surface area contributed by atoms with E-state index >= 15 is 0 Å². The van der Waals surface area contributed by atoms with Crippen LogP contribution in [0.5, 0.6) is 0 Å². The number of halogens is 5. The van der Waals surface area contributed by atoms with Gasteiger partial charge in [0.25, 0.3) is 11.8 Å². The Morgan fingerprint density at radius 3 is 2.28 bits per heavy atom. The third-order valence-corrected chi connectivity index (χ3v) is 3.89. The van der Waals surface area contributed by atoms with Crippen molar-refractivity contribution in [2.24, 2.45) is 0 Å². The summed E-state index contributed by atoms with van der Waals surface area (Å²) in [5.41, 5.74) is -1.53. The Hall–Kier alpha value is -3.34. The van der Waals surface area contributed by atoms with Crippen molar-refractivity contribution in [3.63, 3.8) is 0 Å². The first-order chi connectivity index (χ1) is 13.7.